The zero-order valence-corrected chi connectivity index (χ0v) is 12.5. The van der Waals surface area contributed by atoms with E-state index in [-0.39, 0.29) is 12.0 Å². The second-order valence-electron chi connectivity index (χ2n) is 4.71. The Morgan fingerprint density at radius 2 is 2.20 bits per heavy atom. The van der Waals surface area contributed by atoms with E-state index in [4.69, 9.17) is 26.6 Å². The molecule has 0 spiro atoms. The van der Waals surface area contributed by atoms with Crippen molar-refractivity contribution in [1.82, 2.24) is 10.1 Å². The van der Waals surface area contributed by atoms with Gasteiger partial charge in [0.1, 0.15) is 5.75 Å². The Bertz CT molecular complexity index is 586. The molecule has 0 aliphatic heterocycles. The van der Waals surface area contributed by atoms with Crippen LogP contribution in [0.4, 0.5) is 0 Å². The van der Waals surface area contributed by atoms with Gasteiger partial charge in [-0.05, 0) is 24.1 Å². The lowest BCUT2D eigenvalue weighted by Gasteiger charge is -2.13. The summed E-state index contributed by atoms with van der Waals surface area (Å²) in [6, 6.07) is 5.00. The van der Waals surface area contributed by atoms with Gasteiger partial charge in [-0.1, -0.05) is 37.0 Å². The van der Waals surface area contributed by atoms with Crippen LogP contribution in [0, 0.1) is 5.92 Å². The fraction of sp³-hybridized carbons (Fsp3) is 0.429. The Morgan fingerprint density at radius 3 is 2.85 bits per heavy atom. The third-order valence-corrected chi connectivity index (χ3v) is 3.62. The van der Waals surface area contributed by atoms with E-state index >= 15 is 0 Å². The van der Waals surface area contributed by atoms with Crippen molar-refractivity contribution in [2.75, 3.05) is 7.11 Å². The molecular formula is C14H18ClN3O2. The maximum Gasteiger partial charge on any atom is 0.244 e. The molecule has 2 aromatic rings. The van der Waals surface area contributed by atoms with Crippen LogP contribution in [0.2, 0.25) is 5.02 Å². The summed E-state index contributed by atoms with van der Waals surface area (Å²) in [5.74, 6) is 1.76. The molecule has 108 valence electrons. The standard InChI is InChI=1S/C14H18ClN3O2/c1-4-8(2)12(16)14-17-13(18-20-14)10-6-5-9(15)7-11(10)19-3/h5-8,12H,4,16H2,1-3H3/t8?,12-/m0/s1. The number of rotatable bonds is 5. The molecule has 0 aliphatic rings. The first kappa shape index (κ1) is 14.8. The largest absolute Gasteiger partial charge is 0.496 e. The van der Waals surface area contributed by atoms with E-state index in [0.29, 0.717) is 22.5 Å². The van der Waals surface area contributed by atoms with Gasteiger partial charge in [0.2, 0.25) is 11.7 Å². The molecule has 5 nitrogen and oxygen atoms in total. The summed E-state index contributed by atoms with van der Waals surface area (Å²) in [4.78, 5) is 4.36. The number of aromatic nitrogens is 2. The maximum atomic E-state index is 6.09. The van der Waals surface area contributed by atoms with Gasteiger partial charge < -0.3 is 15.0 Å². The average Bonchev–Trinajstić information content (AvgIpc) is 2.94. The molecular weight excluding hydrogens is 278 g/mol. The molecule has 0 fully saturated rings. The van der Waals surface area contributed by atoms with Crippen LogP contribution in [0.15, 0.2) is 22.7 Å². The monoisotopic (exact) mass is 295 g/mol. The van der Waals surface area contributed by atoms with Gasteiger partial charge in [-0.2, -0.15) is 4.98 Å². The lowest BCUT2D eigenvalue weighted by Crippen LogP contribution is -2.18. The Labute approximate surface area is 123 Å². The zero-order valence-electron chi connectivity index (χ0n) is 11.8. The van der Waals surface area contributed by atoms with Crippen molar-refractivity contribution in [2.45, 2.75) is 26.3 Å². The SMILES string of the molecule is CCC(C)[C@H](N)c1nc(-c2ccc(Cl)cc2OC)no1. The van der Waals surface area contributed by atoms with Crippen molar-refractivity contribution in [3.63, 3.8) is 0 Å². The van der Waals surface area contributed by atoms with E-state index < -0.39 is 0 Å². The van der Waals surface area contributed by atoms with Gasteiger partial charge in [0.05, 0.1) is 18.7 Å². The minimum Gasteiger partial charge on any atom is -0.496 e. The average molecular weight is 296 g/mol. The molecule has 2 rings (SSSR count). The molecule has 1 unspecified atom stereocenters. The lowest BCUT2D eigenvalue weighted by atomic mass is 10.0. The second-order valence-corrected chi connectivity index (χ2v) is 5.15. The van der Waals surface area contributed by atoms with Gasteiger partial charge in [-0.3, -0.25) is 0 Å². The quantitative estimate of drug-likeness (QED) is 0.914. The normalized spacial score (nSPS) is 14.1. The van der Waals surface area contributed by atoms with Crippen LogP contribution >= 0.6 is 11.6 Å². The first-order valence-electron chi connectivity index (χ1n) is 6.49. The predicted molar refractivity (Wildman–Crippen MR) is 77.7 cm³/mol. The zero-order chi connectivity index (χ0) is 14.7. The number of hydrogen-bond donors (Lipinski definition) is 1. The van der Waals surface area contributed by atoms with Gasteiger partial charge in [0, 0.05) is 5.02 Å². The molecule has 0 saturated heterocycles. The van der Waals surface area contributed by atoms with Gasteiger partial charge in [0.15, 0.2) is 0 Å². The van der Waals surface area contributed by atoms with Crippen LogP contribution in [0.25, 0.3) is 11.4 Å². The molecule has 1 aromatic heterocycles. The summed E-state index contributed by atoms with van der Waals surface area (Å²) < 4.78 is 10.5. The first-order chi connectivity index (χ1) is 9.56. The number of nitrogens with two attached hydrogens (primary N) is 1. The predicted octanol–water partition coefficient (Wildman–Crippen LogP) is 3.44. The van der Waals surface area contributed by atoms with E-state index in [0.717, 1.165) is 12.0 Å². The number of hydrogen-bond acceptors (Lipinski definition) is 5. The van der Waals surface area contributed by atoms with Crippen molar-refractivity contribution in [3.05, 3.63) is 29.1 Å². The molecule has 2 atom stereocenters. The van der Waals surface area contributed by atoms with Gasteiger partial charge in [-0.15, -0.1) is 0 Å². The van der Waals surface area contributed by atoms with Crippen molar-refractivity contribution >= 4 is 11.6 Å². The van der Waals surface area contributed by atoms with Crippen molar-refractivity contribution in [3.8, 4) is 17.1 Å². The van der Waals surface area contributed by atoms with E-state index in [1.807, 2.05) is 0 Å². The molecule has 6 heteroatoms. The van der Waals surface area contributed by atoms with Crippen molar-refractivity contribution in [2.24, 2.45) is 11.7 Å². The number of benzene rings is 1. The van der Waals surface area contributed by atoms with Crippen LogP contribution in [-0.2, 0) is 0 Å². The number of methoxy groups -OCH3 is 1. The van der Waals surface area contributed by atoms with Crippen molar-refractivity contribution < 1.29 is 9.26 Å². The summed E-state index contributed by atoms with van der Waals surface area (Å²) in [5.41, 5.74) is 6.81. The van der Waals surface area contributed by atoms with E-state index in [9.17, 15) is 0 Å². The van der Waals surface area contributed by atoms with Gasteiger partial charge >= 0.3 is 0 Å². The molecule has 0 bridgehead atoms. The molecule has 0 aliphatic carbocycles. The Morgan fingerprint density at radius 1 is 1.45 bits per heavy atom. The topological polar surface area (TPSA) is 74.2 Å². The third kappa shape index (κ3) is 2.94. The van der Waals surface area contributed by atoms with E-state index in [1.54, 1.807) is 25.3 Å². The summed E-state index contributed by atoms with van der Waals surface area (Å²) in [6.45, 7) is 4.13. The van der Waals surface area contributed by atoms with Gasteiger partial charge in [0.25, 0.3) is 0 Å². The fourth-order valence-corrected chi connectivity index (χ4v) is 1.99. The molecule has 2 N–H and O–H groups in total. The smallest absolute Gasteiger partial charge is 0.244 e. The van der Waals surface area contributed by atoms with E-state index in [2.05, 4.69) is 24.0 Å². The fourth-order valence-electron chi connectivity index (χ4n) is 1.83. The van der Waals surface area contributed by atoms with Crippen LogP contribution in [0.1, 0.15) is 32.2 Å². The molecule has 0 amide bonds. The van der Waals surface area contributed by atoms with E-state index in [1.165, 1.54) is 0 Å². The summed E-state index contributed by atoms with van der Waals surface area (Å²) >= 11 is 5.93. The second kappa shape index (κ2) is 6.24. The van der Waals surface area contributed by atoms with Crippen LogP contribution in [0.3, 0.4) is 0 Å². The van der Waals surface area contributed by atoms with Gasteiger partial charge in [-0.25, -0.2) is 0 Å². The molecule has 20 heavy (non-hydrogen) atoms. The first-order valence-corrected chi connectivity index (χ1v) is 6.87. The summed E-state index contributed by atoms with van der Waals surface area (Å²) in [5, 5.41) is 4.56. The van der Waals surface area contributed by atoms with Crippen molar-refractivity contribution in [1.29, 1.82) is 0 Å². The molecule has 1 heterocycles. The molecule has 1 aromatic carbocycles. The minimum atomic E-state index is -0.264. The lowest BCUT2D eigenvalue weighted by molar-refractivity contribution is 0.312. The minimum absolute atomic E-state index is 0.264. The summed E-state index contributed by atoms with van der Waals surface area (Å²) in [7, 11) is 1.57. The van der Waals surface area contributed by atoms with Crippen LogP contribution < -0.4 is 10.5 Å². The maximum absolute atomic E-state index is 6.09. The number of nitrogens with zero attached hydrogens (tertiary/aromatic N) is 2. The highest BCUT2D eigenvalue weighted by Gasteiger charge is 2.21. The van der Waals surface area contributed by atoms with Crippen LogP contribution in [0.5, 0.6) is 5.75 Å². The highest BCUT2D eigenvalue weighted by molar-refractivity contribution is 6.30. The number of halogens is 1. The highest BCUT2D eigenvalue weighted by Crippen LogP contribution is 2.31. The number of ether oxygens (including phenoxy) is 1. The Hall–Kier alpha value is -1.59. The van der Waals surface area contributed by atoms with Crippen LogP contribution in [-0.4, -0.2) is 17.3 Å². The third-order valence-electron chi connectivity index (χ3n) is 3.39. The molecule has 0 saturated carbocycles. The molecule has 0 radical (unpaired) electrons. The Balaban J connectivity index is 2.33. The highest BCUT2D eigenvalue weighted by atomic mass is 35.5. The Kier molecular flexibility index (Phi) is 4.62. The summed E-state index contributed by atoms with van der Waals surface area (Å²) in [6.07, 6.45) is 0.948.